The lowest BCUT2D eigenvalue weighted by Crippen LogP contribution is -2.56. The SMILES string of the molecule is Cc1ccc(C[C@@H]2CN(CC#CCN3CCOC[C@@H]3CC(C)C)CCN2C(=O)c2cc(C(F)(F)F)cc(C(F)(F)F)c2)cc1C. The highest BCUT2D eigenvalue weighted by molar-refractivity contribution is 5.95. The van der Waals surface area contributed by atoms with Crippen LogP contribution in [0.15, 0.2) is 36.4 Å². The summed E-state index contributed by atoms with van der Waals surface area (Å²) in [7, 11) is 0. The lowest BCUT2D eigenvalue weighted by molar-refractivity contribution is -0.143. The number of nitrogens with zero attached hydrogens (tertiary/aromatic N) is 3. The number of alkyl halides is 6. The fraction of sp³-hybridized carbons (Fsp3) is 0.559. The Labute approximate surface area is 261 Å². The monoisotopic (exact) mass is 637 g/mol. The highest BCUT2D eigenvalue weighted by Gasteiger charge is 2.39. The normalized spacial score (nSPS) is 20.3. The summed E-state index contributed by atoms with van der Waals surface area (Å²) in [6.07, 6.45) is -8.66. The lowest BCUT2D eigenvalue weighted by Gasteiger charge is -2.41. The number of carbonyl (C=O) groups excluding carboxylic acids is 1. The number of benzene rings is 2. The minimum Gasteiger partial charge on any atom is -0.378 e. The number of ether oxygens (including phenoxy) is 1. The van der Waals surface area contributed by atoms with Gasteiger partial charge in [-0.25, -0.2) is 0 Å². The molecular weight excluding hydrogens is 596 g/mol. The van der Waals surface area contributed by atoms with Crippen molar-refractivity contribution < 1.29 is 35.9 Å². The van der Waals surface area contributed by atoms with Gasteiger partial charge in [0.2, 0.25) is 0 Å². The Bertz CT molecular complexity index is 1360. The summed E-state index contributed by atoms with van der Waals surface area (Å²) in [5.41, 5.74) is -0.566. The number of amides is 1. The second-order valence-corrected chi connectivity index (χ2v) is 12.5. The molecule has 2 aliphatic heterocycles. The summed E-state index contributed by atoms with van der Waals surface area (Å²) in [6.45, 7) is 12.4. The third-order valence-electron chi connectivity index (χ3n) is 8.51. The second-order valence-electron chi connectivity index (χ2n) is 12.5. The fourth-order valence-electron chi connectivity index (χ4n) is 5.94. The molecule has 0 saturated carbocycles. The average molecular weight is 638 g/mol. The number of piperazine rings is 1. The number of rotatable bonds is 7. The summed E-state index contributed by atoms with van der Waals surface area (Å²) < 4.78 is 87.0. The molecule has 2 atom stereocenters. The standard InChI is InChI=1S/C34H41F6N3O2/c1-23(2)15-31-22-45-14-13-42(31)10-6-5-9-41-11-12-43(30(21-41)17-26-8-7-24(3)25(4)16-26)32(44)27-18-28(33(35,36)37)20-29(19-27)34(38,39)40/h7-8,16,18-20,23,30-31H,9-15,17,21-22H2,1-4H3/t30-,31+/m1/s1. The third-order valence-corrected chi connectivity index (χ3v) is 8.51. The van der Waals surface area contributed by atoms with Crippen molar-refractivity contribution in [3.8, 4) is 11.8 Å². The van der Waals surface area contributed by atoms with E-state index >= 15 is 0 Å². The van der Waals surface area contributed by atoms with Gasteiger partial charge in [0, 0.05) is 43.8 Å². The molecule has 2 heterocycles. The highest BCUT2D eigenvalue weighted by Crippen LogP contribution is 2.37. The predicted octanol–water partition coefficient (Wildman–Crippen LogP) is 6.46. The van der Waals surface area contributed by atoms with E-state index in [1.165, 1.54) is 4.90 Å². The minimum absolute atomic E-state index is 0.0436. The van der Waals surface area contributed by atoms with E-state index in [4.69, 9.17) is 4.74 Å². The van der Waals surface area contributed by atoms with Gasteiger partial charge in [0.25, 0.3) is 5.91 Å². The molecule has 0 aromatic heterocycles. The molecule has 246 valence electrons. The van der Waals surface area contributed by atoms with Crippen LogP contribution in [0, 0.1) is 31.6 Å². The van der Waals surface area contributed by atoms with Gasteiger partial charge in [-0.2, -0.15) is 26.3 Å². The zero-order valence-electron chi connectivity index (χ0n) is 26.2. The van der Waals surface area contributed by atoms with Gasteiger partial charge in [-0.1, -0.05) is 43.9 Å². The topological polar surface area (TPSA) is 36.0 Å². The Morgan fingerprint density at radius 1 is 0.889 bits per heavy atom. The zero-order valence-corrected chi connectivity index (χ0v) is 26.2. The van der Waals surface area contributed by atoms with Crippen LogP contribution < -0.4 is 0 Å². The van der Waals surface area contributed by atoms with E-state index in [9.17, 15) is 31.1 Å². The van der Waals surface area contributed by atoms with Crippen molar-refractivity contribution in [2.24, 2.45) is 5.92 Å². The Hall–Kier alpha value is -3.07. The van der Waals surface area contributed by atoms with Gasteiger partial charge in [-0.3, -0.25) is 14.6 Å². The van der Waals surface area contributed by atoms with E-state index in [0.29, 0.717) is 69.9 Å². The van der Waals surface area contributed by atoms with Crippen LogP contribution in [0.4, 0.5) is 26.3 Å². The number of halogens is 6. The molecular formula is C34H41F6N3O2. The summed E-state index contributed by atoms with van der Waals surface area (Å²) in [5, 5.41) is 0. The summed E-state index contributed by atoms with van der Waals surface area (Å²) in [5.74, 6) is 6.20. The maximum atomic E-state index is 13.7. The first-order chi connectivity index (χ1) is 21.1. The van der Waals surface area contributed by atoms with Crippen LogP contribution in [-0.4, -0.2) is 85.2 Å². The Morgan fingerprint density at radius 2 is 1.56 bits per heavy atom. The molecule has 0 aliphatic carbocycles. The molecule has 4 rings (SSSR count). The molecule has 45 heavy (non-hydrogen) atoms. The molecule has 0 bridgehead atoms. The van der Waals surface area contributed by atoms with Gasteiger partial charge in [0.05, 0.1) is 37.4 Å². The molecule has 2 aliphatic rings. The molecule has 0 unspecified atom stereocenters. The summed E-state index contributed by atoms with van der Waals surface area (Å²) in [4.78, 5) is 19.5. The Kier molecular flexibility index (Phi) is 11.3. The van der Waals surface area contributed by atoms with Crippen molar-refractivity contribution in [3.05, 3.63) is 69.8 Å². The van der Waals surface area contributed by atoms with Gasteiger partial charge in [0.1, 0.15) is 0 Å². The molecule has 2 aromatic carbocycles. The van der Waals surface area contributed by atoms with Gasteiger partial charge < -0.3 is 9.64 Å². The molecule has 0 N–H and O–H groups in total. The van der Waals surface area contributed by atoms with E-state index in [0.717, 1.165) is 29.7 Å². The van der Waals surface area contributed by atoms with Gasteiger partial charge in [-0.15, -0.1) is 0 Å². The maximum Gasteiger partial charge on any atom is 0.416 e. The van der Waals surface area contributed by atoms with Crippen LogP contribution in [0.3, 0.4) is 0 Å². The number of hydrogen-bond acceptors (Lipinski definition) is 4. The van der Waals surface area contributed by atoms with E-state index in [-0.39, 0.29) is 12.6 Å². The second kappa shape index (κ2) is 14.6. The molecule has 11 heteroatoms. The van der Waals surface area contributed by atoms with E-state index in [1.807, 2.05) is 32.0 Å². The van der Waals surface area contributed by atoms with Crippen molar-refractivity contribution in [1.29, 1.82) is 0 Å². The van der Waals surface area contributed by atoms with Crippen molar-refractivity contribution >= 4 is 5.91 Å². The highest BCUT2D eigenvalue weighted by atomic mass is 19.4. The smallest absolute Gasteiger partial charge is 0.378 e. The van der Waals surface area contributed by atoms with Gasteiger partial charge in [0.15, 0.2) is 0 Å². The van der Waals surface area contributed by atoms with Crippen molar-refractivity contribution in [1.82, 2.24) is 14.7 Å². The molecule has 2 aromatic rings. The van der Waals surface area contributed by atoms with E-state index in [1.54, 1.807) is 0 Å². The molecule has 0 spiro atoms. The van der Waals surface area contributed by atoms with E-state index < -0.39 is 41.0 Å². The minimum atomic E-state index is -5.04. The summed E-state index contributed by atoms with van der Waals surface area (Å²) >= 11 is 0. The van der Waals surface area contributed by atoms with Crippen LogP contribution in [0.1, 0.15) is 58.4 Å². The van der Waals surface area contributed by atoms with Crippen LogP contribution >= 0.6 is 0 Å². The fourth-order valence-corrected chi connectivity index (χ4v) is 5.94. The quantitative estimate of drug-likeness (QED) is 0.258. The predicted molar refractivity (Wildman–Crippen MR) is 161 cm³/mol. The first-order valence-electron chi connectivity index (χ1n) is 15.3. The third kappa shape index (κ3) is 9.47. The number of hydrogen-bond donors (Lipinski definition) is 0. The Balaban J connectivity index is 1.54. The van der Waals surface area contributed by atoms with Gasteiger partial charge >= 0.3 is 12.4 Å². The van der Waals surface area contributed by atoms with Crippen LogP contribution in [-0.2, 0) is 23.5 Å². The van der Waals surface area contributed by atoms with Crippen LogP contribution in [0.25, 0.3) is 0 Å². The van der Waals surface area contributed by atoms with Crippen LogP contribution in [0.2, 0.25) is 0 Å². The molecule has 1 amide bonds. The first kappa shape index (κ1) is 34.8. The molecule has 0 radical (unpaired) electrons. The summed E-state index contributed by atoms with van der Waals surface area (Å²) in [6, 6.07) is 6.81. The molecule has 2 saturated heterocycles. The van der Waals surface area contributed by atoms with Crippen molar-refractivity contribution in [2.75, 3.05) is 52.5 Å². The van der Waals surface area contributed by atoms with Crippen molar-refractivity contribution in [3.63, 3.8) is 0 Å². The Morgan fingerprint density at radius 3 is 2.18 bits per heavy atom. The largest absolute Gasteiger partial charge is 0.416 e. The van der Waals surface area contributed by atoms with E-state index in [2.05, 4.69) is 35.5 Å². The number of aryl methyl sites for hydroxylation is 2. The maximum absolute atomic E-state index is 13.7. The van der Waals surface area contributed by atoms with Gasteiger partial charge in [-0.05, 0) is 67.5 Å². The number of carbonyl (C=O) groups is 1. The first-order valence-corrected chi connectivity index (χ1v) is 15.3. The molecule has 2 fully saturated rings. The molecule has 5 nitrogen and oxygen atoms in total. The van der Waals surface area contributed by atoms with Crippen LogP contribution in [0.5, 0.6) is 0 Å². The zero-order chi connectivity index (χ0) is 32.9. The van der Waals surface area contributed by atoms with Crippen molar-refractivity contribution in [2.45, 2.75) is 65.0 Å². The average Bonchev–Trinajstić information content (AvgIpc) is 2.96. The lowest BCUT2D eigenvalue weighted by atomic mass is 9.97. The number of morpholine rings is 1.